The van der Waals surface area contributed by atoms with Crippen LogP contribution in [0.1, 0.15) is 57.1 Å². The lowest BCUT2D eigenvalue weighted by Gasteiger charge is -2.36. The highest BCUT2D eigenvalue weighted by Crippen LogP contribution is 2.41. The topological polar surface area (TPSA) is 87.7 Å². The maximum Gasteiger partial charge on any atom is 0.325 e. The lowest BCUT2D eigenvalue weighted by Crippen LogP contribution is -2.54. The largest absolute Gasteiger partial charge is 0.497 e. The summed E-state index contributed by atoms with van der Waals surface area (Å²) in [5.41, 5.74) is 0.179. The van der Waals surface area contributed by atoms with Crippen LogP contribution in [0.25, 0.3) is 0 Å². The Morgan fingerprint density at radius 3 is 2.59 bits per heavy atom. The Bertz CT molecular complexity index is 805. The fourth-order valence-corrected chi connectivity index (χ4v) is 4.72. The van der Waals surface area contributed by atoms with Gasteiger partial charge in [0, 0.05) is 0 Å². The molecule has 3 atom stereocenters. The van der Waals surface area contributed by atoms with Crippen molar-refractivity contribution >= 4 is 17.8 Å². The minimum Gasteiger partial charge on any atom is -0.497 e. The summed E-state index contributed by atoms with van der Waals surface area (Å²) in [4.78, 5) is 39.4. The van der Waals surface area contributed by atoms with Crippen LogP contribution in [-0.2, 0) is 9.59 Å². The van der Waals surface area contributed by atoms with Gasteiger partial charge in [-0.1, -0.05) is 31.9 Å². The molecule has 3 unspecified atom stereocenters. The van der Waals surface area contributed by atoms with E-state index in [1.807, 2.05) is 31.2 Å². The second-order valence-electron chi connectivity index (χ2n) is 8.60. The molecule has 2 saturated carbocycles. The predicted octanol–water partition coefficient (Wildman–Crippen LogP) is 2.76. The van der Waals surface area contributed by atoms with Crippen LogP contribution in [0.5, 0.6) is 5.75 Å². The van der Waals surface area contributed by atoms with Crippen LogP contribution < -0.4 is 15.4 Å². The molecule has 0 radical (unpaired) electrons. The van der Waals surface area contributed by atoms with Crippen LogP contribution in [-0.4, -0.2) is 41.9 Å². The van der Waals surface area contributed by atoms with Gasteiger partial charge in [-0.15, -0.1) is 0 Å². The number of rotatable bonds is 6. The van der Waals surface area contributed by atoms with E-state index in [-0.39, 0.29) is 30.3 Å². The minimum absolute atomic E-state index is 0.0827. The number of hydrogen-bond donors (Lipinski definition) is 2. The zero-order valence-electron chi connectivity index (χ0n) is 17.1. The van der Waals surface area contributed by atoms with E-state index in [1.54, 1.807) is 7.11 Å². The van der Waals surface area contributed by atoms with E-state index in [0.29, 0.717) is 12.3 Å². The van der Waals surface area contributed by atoms with Crippen molar-refractivity contribution in [2.45, 2.75) is 57.0 Å². The van der Waals surface area contributed by atoms with E-state index in [2.05, 4.69) is 10.6 Å². The average molecular weight is 399 g/mol. The summed E-state index contributed by atoms with van der Waals surface area (Å²) in [5, 5.41) is 5.95. The summed E-state index contributed by atoms with van der Waals surface area (Å²) < 4.78 is 5.21. The van der Waals surface area contributed by atoms with Crippen LogP contribution in [0.2, 0.25) is 0 Å². The molecule has 7 nitrogen and oxygen atoms in total. The molecule has 7 heteroatoms. The summed E-state index contributed by atoms with van der Waals surface area (Å²) in [6, 6.07) is 7.09. The van der Waals surface area contributed by atoms with E-state index < -0.39 is 11.6 Å². The third-order valence-corrected chi connectivity index (χ3v) is 6.69. The summed E-state index contributed by atoms with van der Waals surface area (Å²) in [6.45, 7) is 1.77. The van der Waals surface area contributed by atoms with Crippen LogP contribution in [0, 0.1) is 11.8 Å². The molecule has 0 bridgehead atoms. The number of amides is 4. The first-order chi connectivity index (χ1) is 13.9. The number of carbonyl (C=O) groups is 3. The van der Waals surface area contributed by atoms with Crippen molar-refractivity contribution < 1.29 is 19.1 Å². The molecule has 4 amide bonds. The van der Waals surface area contributed by atoms with E-state index in [4.69, 9.17) is 4.74 Å². The van der Waals surface area contributed by atoms with Crippen LogP contribution in [0.4, 0.5) is 4.79 Å². The number of carbonyl (C=O) groups excluding carboxylic acids is 3. The number of methoxy groups -OCH3 is 1. The van der Waals surface area contributed by atoms with Crippen molar-refractivity contribution in [1.82, 2.24) is 15.5 Å². The van der Waals surface area contributed by atoms with Gasteiger partial charge in [-0.05, 0) is 55.2 Å². The number of urea groups is 1. The van der Waals surface area contributed by atoms with Crippen molar-refractivity contribution in [2.24, 2.45) is 11.8 Å². The van der Waals surface area contributed by atoms with E-state index in [0.717, 1.165) is 48.3 Å². The normalized spacial score (nSPS) is 27.7. The Morgan fingerprint density at radius 2 is 1.97 bits per heavy atom. The van der Waals surface area contributed by atoms with Gasteiger partial charge in [0.1, 0.15) is 17.8 Å². The lowest BCUT2D eigenvalue weighted by molar-refractivity contribution is -0.137. The molecule has 2 aliphatic carbocycles. The first-order valence-electron chi connectivity index (χ1n) is 10.5. The highest BCUT2D eigenvalue weighted by molar-refractivity contribution is 6.09. The smallest absolute Gasteiger partial charge is 0.325 e. The number of ether oxygens (including phenoxy) is 1. The van der Waals surface area contributed by atoms with Gasteiger partial charge in [0.05, 0.1) is 13.2 Å². The fraction of sp³-hybridized carbons (Fsp3) is 0.591. The summed E-state index contributed by atoms with van der Waals surface area (Å²) in [7, 11) is 1.62. The average Bonchev–Trinajstić information content (AvgIpc) is 3.53. The Morgan fingerprint density at radius 1 is 1.24 bits per heavy atom. The molecule has 3 fully saturated rings. The number of nitrogens with one attached hydrogen (secondary N) is 2. The van der Waals surface area contributed by atoms with Crippen molar-refractivity contribution in [2.75, 3.05) is 13.7 Å². The minimum atomic E-state index is -0.832. The van der Waals surface area contributed by atoms with Crippen molar-refractivity contribution in [3.8, 4) is 5.75 Å². The van der Waals surface area contributed by atoms with Gasteiger partial charge in [-0.3, -0.25) is 14.5 Å². The molecular weight excluding hydrogens is 370 g/mol. The third-order valence-electron chi connectivity index (χ3n) is 6.69. The molecule has 2 N–H and O–H groups in total. The van der Waals surface area contributed by atoms with Gasteiger partial charge in [-0.2, -0.15) is 0 Å². The molecule has 156 valence electrons. The highest BCUT2D eigenvalue weighted by atomic mass is 16.5. The van der Waals surface area contributed by atoms with E-state index >= 15 is 0 Å². The Hall–Kier alpha value is -2.57. The summed E-state index contributed by atoms with van der Waals surface area (Å²) in [6.07, 6.45) is 5.65. The van der Waals surface area contributed by atoms with Crippen molar-refractivity contribution in [3.05, 3.63) is 29.8 Å². The maximum atomic E-state index is 13.1. The van der Waals surface area contributed by atoms with Gasteiger partial charge < -0.3 is 15.4 Å². The molecule has 1 spiro atoms. The fourth-order valence-electron chi connectivity index (χ4n) is 4.72. The van der Waals surface area contributed by atoms with E-state index in [1.165, 1.54) is 0 Å². The molecular formula is C22H29N3O4. The molecule has 4 rings (SSSR count). The first-order valence-corrected chi connectivity index (χ1v) is 10.5. The van der Waals surface area contributed by atoms with Crippen molar-refractivity contribution in [3.63, 3.8) is 0 Å². The highest BCUT2D eigenvalue weighted by Gasteiger charge is 2.55. The second-order valence-corrected chi connectivity index (χ2v) is 8.60. The molecule has 0 aromatic heterocycles. The molecule has 29 heavy (non-hydrogen) atoms. The number of benzene rings is 1. The zero-order valence-corrected chi connectivity index (χ0v) is 17.1. The number of imide groups is 1. The van der Waals surface area contributed by atoms with Gasteiger partial charge in [0.25, 0.3) is 5.91 Å². The van der Waals surface area contributed by atoms with Gasteiger partial charge in [-0.25, -0.2) is 4.79 Å². The Balaban J connectivity index is 1.44. The predicted molar refractivity (Wildman–Crippen MR) is 107 cm³/mol. The third kappa shape index (κ3) is 3.70. The van der Waals surface area contributed by atoms with Crippen LogP contribution >= 0.6 is 0 Å². The Labute approximate surface area is 171 Å². The Kier molecular flexibility index (Phi) is 5.23. The summed E-state index contributed by atoms with van der Waals surface area (Å²) in [5.74, 6) is 0.680. The molecule has 1 heterocycles. The van der Waals surface area contributed by atoms with Gasteiger partial charge >= 0.3 is 6.03 Å². The molecule has 3 aliphatic rings. The molecule has 1 aromatic carbocycles. The standard InChI is InChI=1S/C22H29N3O4/c1-14-5-3-4-12-22(14)20(27)25(21(28)24-22)13-18(26)23-19(15-6-7-15)16-8-10-17(29-2)11-9-16/h8-11,14-15,19H,3-7,12-13H2,1-2H3,(H,23,26)(H,24,28). The van der Waals surface area contributed by atoms with Gasteiger partial charge in [0.2, 0.25) is 5.91 Å². The number of hydrogen-bond acceptors (Lipinski definition) is 4. The lowest BCUT2D eigenvalue weighted by atomic mass is 9.73. The van der Waals surface area contributed by atoms with Crippen LogP contribution in [0.3, 0.4) is 0 Å². The first kappa shape index (κ1) is 19.7. The summed E-state index contributed by atoms with van der Waals surface area (Å²) >= 11 is 0. The van der Waals surface area contributed by atoms with Gasteiger partial charge in [0.15, 0.2) is 0 Å². The van der Waals surface area contributed by atoms with E-state index in [9.17, 15) is 14.4 Å². The molecule has 1 aromatic rings. The molecule has 1 saturated heterocycles. The monoisotopic (exact) mass is 399 g/mol. The van der Waals surface area contributed by atoms with Crippen molar-refractivity contribution in [1.29, 1.82) is 0 Å². The molecule has 1 aliphatic heterocycles. The zero-order chi connectivity index (χ0) is 20.6. The maximum absolute atomic E-state index is 13.1. The second kappa shape index (κ2) is 7.69. The number of nitrogens with zero attached hydrogens (tertiary/aromatic N) is 1. The SMILES string of the molecule is COc1ccc(C(NC(=O)CN2C(=O)NC3(CCCCC3C)C2=O)C2CC2)cc1. The van der Waals surface area contributed by atoms with Crippen LogP contribution in [0.15, 0.2) is 24.3 Å². The quantitative estimate of drug-likeness (QED) is 0.720.